The SMILES string of the molecule is O=C(NNC(=O)c1n[nH]c(=O)c2ccccc12)c1cc(Cl)cc(Cl)c1. The lowest BCUT2D eigenvalue weighted by Crippen LogP contribution is -2.42. The van der Waals surface area contributed by atoms with Crippen LogP contribution in [0.2, 0.25) is 10.0 Å². The van der Waals surface area contributed by atoms with E-state index in [4.69, 9.17) is 23.2 Å². The quantitative estimate of drug-likeness (QED) is 0.596. The second-order valence-electron chi connectivity index (χ2n) is 5.01. The highest BCUT2D eigenvalue weighted by Crippen LogP contribution is 2.18. The van der Waals surface area contributed by atoms with Gasteiger partial charge in [-0.2, -0.15) is 5.10 Å². The maximum Gasteiger partial charge on any atom is 0.290 e. The number of halogens is 2. The molecule has 0 radical (unpaired) electrons. The molecular formula is C16H10Cl2N4O3. The lowest BCUT2D eigenvalue weighted by Gasteiger charge is -2.09. The third kappa shape index (κ3) is 3.62. The standard InChI is InChI=1S/C16H10Cl2N4O3/c17-9-5-8(6-10(18)7-9)14(23)20-22-16(25)13-11-3-1-2-4-12(11)15(24)21-19-13/h1-7H,(H,20,23)(H,21,24)(H,22,25). The van der Waals surface area contributed by atoms with Crippen molar-refractivity contribution < 1.29 is 9.59 Å². The van der Waals surface area contributed by atoms with E-state index >= 15 is 0 Å². The van der Waals surface area contributed by atoms with E-state index < -0.39 is 17.4 Å². The molecule has 25 heavy (non-hydrogen) atoms. The van der Waals surface area contributed by atoms with Crippen LogP contribution in [0.15, 0.2) is 47.3 Å². The second kappa shape index (κ2) is 6.92. The molecule has 0 aliphatic heterocycles. The third-order valence-corrected chi connectivity index (χ3v) is 3.76. The van der Waals surface area contributed by atoms with Gasteiger partial charge in [0, 0.05) is 21.0 Å². The Bertz CT molecular complexity index is 1030. The summed E-state index contributed by atoms with van der Waals surface area (Å²) in [6.45, 7) is 0. The van der Waals surface area contributed by atoms with Crippen molar-refractivity contribution in [3.8, 4) is 0 Å². The predicted octanol–water partition coefficient (Wildman–Crippen LogP) is 2.30. The topological polar surface area (TPSA) is 104 Å². The summed E-state index contributed by atoms with van der Waals surface area (Å²) >= 11 is 11.7. The van der Waals surface area contributed by atoms with E-state index in [1.807, 2.05) is 0 Å². The summed E-state index contributed by atoms with van der Waals surface area (Å²) in [5, 5.41) is 7.24. The van der Waals surface area contributed by atoms with Gasteiger partial charge in [0.1, 0.15) is 0 Å². The number of nitrogens with one attached hydrogen (secondary N) is 3. The number of amides is 2. The largest absolute Gasteiger partial charge is 0.290 e. The Labute approximate surface area is 150 Å². The lowest BCUT2D eigenvalue weighted by atomic mass is 10.1. The van der Waals surface area contributed by atoms with Crippen LogP contribution in [0.5, 0.6) is 0 Å². The average Bonchev–Trinajstić information content (AvgIpc) is 2.59. The van der Waals surface area contributed by atoms with Crippen molar-refractivity contribution in [2.24, 2.45) is 0 Å². The van der Waals surface area contributed by atoms with Gasteiger partial charge in [0.15, 0.2) is 5.69 Å². The minimum absolute atomic E-state index is 0.0281. The van der Waals surface area contributed by atoms with E-state index in [1.165, 1.54) is 18.2 Å². The van der Waals surface area contributed by atoms with Gasteiger partial charge in [0.2, 0.25) is 0 Å². The molecule has 0 spiro atoms. The molecule has 2 amide bonds. The summed E-state index contributed by atoms with van der Waals surface area (Å²) < 4.78 is 0. The third-order valence-electron chi connectivity index (χ3n) is 3.33. The molecule has 0 bridgehead atoms. The first-order valence-electron chi connectivity index (χ1n) is 7.00. The van der Waals surface area contributed by atoms with Gasteiger partial charge in [-0.3, -0.25) is 25.2 Å². The molecule has 7 nitrogen and oxygen atoms in total. The Balaban J connectivity index is 1.80. The van der Waals surface area contributed by atoms with Crippen LogP contribution in [0, 0.1) is 0 Å². The first kappa shape index (κ1) is 16.9. The van der Waals surface area contributed by atoms with Crippen LogP contribution in [-0.2, 0) is 0 Å². The zero-order chi connectivity index (χ0) is 18.0. The van der Waals surface area contributed by atoms with Gasteiger partial charge in [-0.05, 0) is 24.3 Å². The average molecular weight is 377 g/mol. The number of nitrogens with zero attached hydrogens (tertiary/aromatic N) is 1. The van der Waals surface area contributed by atoms with Crippen LogP contribution >= 0.6 is 23.2 Å². The number of hydrogen-bond acceptors (Lipinski definition) is 4. The van der Waals surface area contributed by atoms with E-state index in [2.05, 4.69) is 21.0 Å². The summed E-state index contributed by atoms with van der Waals surface area (Å²) in [6.07, 6.45) is 0. The summed E-state index contributed by atoms with van der Waals surface area (Å²) in [4.78, 5) is 36.1. The Hall–Kier alpha value is -2.90. The number of hydrazine groups is 1. The van der Waals surface area contributed by atoms with E-state index in [0.717, 1.165) is 0 Å². The predicted molar refractivity (Wildman–Crippen MR) is 93.8 cm³/mol. The van der Waals surface area contributed by atoms with Crippen LogP contribution in [0.1, 0.15) is 20.8 Å². The number of hydrogen-bond donors (Lipinski definition) is 3. The molecule has 3 aromatic rings. The Morgan fingerprint density at radius 2 is 1.52 bits per heavy atom. The highest BCUT2D eigenvalue weighted by Gasteiger charge is 2.15. The highest BCUT2D eigenvalue weighted by atomic mass is 35.5. The van der Waals surface area contributed by atoms with E-state index in [0.29, 0.717) is 10.8 Å². The Morgan fingerprint density at radius 3 is 2.20 bits per heavy atom. The van der Waals surface area contributed by atoms with Gasteiger partial charge in [-0.1, -0.05) is 41.4 Å². The fraction of sp³-hybridized carbons (Fsp3) is 0. The number of fused-ring (bicyclic) bond motifs is 1. The smallest absolute Gasteiger partial charge is 0.267 e. The molecule has 3 rings (SSSR count). The maximum atomic E-state index is 12.3. The van der Waals surface area contributed by atoms with Gasteiger partial charge < -0.3 is 0 Å². The number of carbonyl (C=O) groups excluding carboxylic acids is 2. The van der Waals surface area contributed by atoms with Crippen LogP contribution < -0.4 is 16.4 Å². The number of aromatic amines is 1. The number of rotatable bonds is 2. The normalized spacial score (nSPS) is 10.5. The molecule has 2 aromatic carbocycles. The van der Waals surface area contributed by atoms with Crippen molar-refractivity contribution in [2.45, 2.75) is 0 Å². The summed E-state index contributed by atoms with van der Waals surface area (Å²) in [7, 11) is 0. The minimum atomic E-state index is -0.686. The van der Waals surface area contributed by atoms with Gasteiger partial charge in [0.05, 0.1) is 5.39 Å². The molecular weight excluding hydrogens is 367 g/mol. The number of carbonyl (C=O) groups is 2. The lowest BCUT2D eigenvalue weighted by molar-refractivity contribution is 0.0844. The van der Waals surface area contributed by atoms with Crippen LogP contribution in [-0.4, -0.2) is 22.0 Å². The van der Waals surface area contributed by atoms with E-state index in [1.54, 1.807) is 24.3 Å². The number of H-pyrrole nitrogens is 1. The molecule has 1 aromatic heterocycles. The van der Waals surface area contributed by atoms with Crippen LogP contribution in [0.4, 0.5) is 0 Å². The van der Waals surface area contributed by atoms with Crippen molar-refractivity contribution in [3.05, 3.63) is 74.1 Å². The van der Waals surface area contributed by atoms with Crippen molar-refractivity contribution >= 4 is 45.8 Å². The monoisotopic (exact) mass is 376 g/mol. The number of aromatic nitrogens is 2. The van der Waals surface area contributed by atoms with Crippen LogP contribution in [0.25, 0.3) is 10.8 Å². The molecule has 9 heteroatoms. The molecule has 0 unspecified atom stereocenters. The van der Waals surface area contributed by atoms with Gasteiger partial charge in [-0.15, -0.1) is 0 Å². The van der Waals surface area contributed by atoms with Crippen molar-refractivity contribution in [1.82, 2.24) is 21.0 Å². The fourth-order valence-electron chi connectivity index (χ4n) is 2.22. The van der Waals surface area contributed by atoms with Crippen LogP contribution in [0.3, 0.4) is 0 Å². The molecule has 0 saturated carbocycles. The first-order valence-corrected chi connectivity index (χ1v) is 7.75. The molecule has 0 fully saturated rings. The minimum Gasteiger partial charge on any atom is -0.267 e. The van der Waals surface area contributed by atoms with Gasteiger partial charge >= 0.3 is 0 Å². The summed E-state index contributed by atoms with van der Waals surface area (Å²) in [6, 6.07) is 10.8. The molecule has 0 aliphatic carbocycles. The first-order chi connectivity index (χ1) is 12.0. The van der Waals surface area contributed by atoms with Gasteiger partial charge in [0.25, 0.3) is 17.4 Å². The molecule has 0 atom stereocenters. The van der Waals surface area contributed by atoms with Crippen molar-refractivity contribution in [2.75, 3.05) is 0 Å². The molecule has 126 valence electrons. The summed E-state index contributed by atoms with van der Waals surface area (Å²) in [5.74, 6) is -1.29. The van der Waals surface area contributed by atoms with E-state index in [-0.39, 0.29) is 21.3 Å². The van der Waals surface area contributed by atoms with Gasteiger partial charge in [-0.25, -0.2) is 5.10 Å². The Morgan fingerprint density at radius 1 is 0.920 bits per heavy atom. The van der Waals surface area contributed by atoms with Crippen molar-refractivity contribution in [1.29, 1.82) is 0 Å². The Kier molecular flexibility index (Phi) is 4.69. The maximum absolute atomic E-state index is 12.3. The second-order valence-corrected chi connectivity index (χ2v) is 5.89. The molecule has 3 N–H and O–H groups in total. The molecule has 1 heterocycles. The zero-order valence-electron chi connectivity index (χ0n) is 12.5. The molecule has 0 saturated heterocycles. The molecule has 0 aliphatic rings. The zero-order valence-corrected chi connectivity index (χ0v) is 14.0. The highest BCUT2D eigenvalue weighted by molar-refractivity contribution is 6.35. The van der Waals surface area contributed by atoms with Crippen molar-refractivity contribution in [3.63, 3.8) is 0 Å². The summed E-state index contributed by atoms with van der Waals surface area (Å²) in [5.41, 5.74) is 4.22. The fourth-order valence-corrected chi connectivity index (χ4v) is 2.74. The number of benzene rings is 2. The van der Waals surface area contributed by atoms with E-state index in [9.17, 15) is 14.4 Å².